The number of rotatable bonds is 4. The fraction of sp³-hybridized carbons (Fsp3) is 0.130. The minimum atomic E-state index is -0.290. The summed E-state index contributed by atoms with van der Waals surface area (Å²) >= 11 is 13.0. The normalized spacial score (nSPS) is 15.5. The number of imide groups is 1. The molecule has 0 spiro atoms. The molecular weight excluding hydrogens is 439 g/mol. The van der Waals surface area contributed by atoms with Crippen molar-refractivity contribution in [2.75, 3.05) is 0 Å². The summed E-state index contributed by atoms with van der Waals surface area (Å²) in [5.41, 5.74) is 4.71. The summed E-state index contributed by atoms with van der Waals surface area (Å²) < 4.78 is 2.10. The minimum Gasteiger partial charge on any atom is -0.318 e. The minimum absolute atomic E-state index is 0.201. The molecule has 0 atom stereocenters. The van der Waals surface area contributed by atoms with Crippen LogP contribution in [0.25, 0.3) is 11.8 Å². The average molecular weight is 457 g/mol. The molecule has 0 N–H and O–H groups in total. The Hall–Kier alpha value is -2.47. The molecule has 7 heteroatoms. The number of halogens is 2. The van der Waals surface area contributed by atoms with Crippen molar-refractivity contribution in [3.63, 3.8) is 0 Å². The first-order chi connectivity index (χ1) is 14.3. The number of aryl methyl sites for hydroxylation is 1. The van der Waals surface area contributed by atoms with E-state index in [2.05, 4.69) is 4.57 Å². The van der Waals surface area contributed by atoms with Crippen LogP contribution in [0.4, 0.5) is 4.79 Å². The number of hydrogen-bond acceptors (Lipinski definition) is 3. The van der Waals surface area contributed by atoms with Gasteiger partial charge in [-0.2, -0.15) is 0 Å². The SMILES string of the molecule is Cc1cc(/C=C2\SC(=O)N(Cc3cccc(Cl)c3)C2=O)c(C)n1-c1ccc(Cl)cc1. The molecule has 4 nitrogen and oxygen atoms in total. The lowest BCUT2D eigenvalue weighted by Crippen LogP contribution is -2.27. The van der Waals surface area contributed by atoms with E-state index in [1.807, 2.05) is 50.2 Å². The largest absolute Gasteiger partial charge is 0.318 e. The van der Waals surface area contributed by atoms with Gasteiger partial charge in [0.25, 0.3) is 11.1 Å². The van der Waals surface area contributed by atoms with Crippen LogP contribution >= 0.6 is 35.0 Å². The van der Waals surface area contributed by atoms with E-state index in [0.717, 1.165) is 40.0 Å². The van der Waals surface area contributed by atoms with Gasteiger partial charge in [0.1, 0.15) is 0 Å². The van der Waals surface area contributed by atoms with Crippen LogP contribution in [0, 0.1) is 13.8 Å². The van der Waals surface area contributed by atoms with Gasteiger partial charge in [-0.25, -0.2) is 0 Å². The molecule has 2 aromatic carbocycles. The van der Waals surface area contributed by atoms with Crippen LogP contribution in [0.5, 0.6) is 0 Å². The van der Waals surface area contributed by atoms with E-state index in [1.54, 1.807) is 24.3 Å². The van der Waals surface area contributed by atoms with E-state index in [-0.39, 0.29) is 17.7 Å². The van der Waals surface area contributed by atoms with Gasteiger partial charge in [-0.3, -0.25) is 14.5 Å². The highest BCUT2D eigenvalue weighted by atomic mass is 35.5. The van der Waals surface area contributed by atoms with E-state index >= 15 is 0 Å². The Bertz CT molecular complexity index is 1180. The average Bonchev–Trinajstić information content (AvgIpc) is 3.13. The zero-order valence-electron chi connectivity index (χ0n) is 16.4. The molecule has 0 radical (unpaired) electrons. The number of carbonyl (C=O) groups is 2. The smallest absolute Gasteiger partial charge is 0.293 e. The van der Waals surface area contributed by atoms with Crippen molar-refractivity contribution in [3.8, 4) is 5.69 Å². The number of thioether (sulfide) groups is 1. The maximum absolute atomic E-state index is 12.9. The zero-order valence-corrected chi connectivity index (χ0v) is 18.7. The number of nitrogens with zero attached hydrogens (tertiary/aromatic N) is 2. The molecule has 0 aliphatic carbocycles. The third-order valence-corrected chi connectivity index (χ3v) is 6.34. The Morgan fingerprint density at radius 2 is 1.70 bits per heavy atom. The summed E-state index contributed by atoms with van der Waals surface area (Å²) in [4.78, 5) is 27.0. The lowest BCUT2D eigenvalue weighted by atomic mass is 10.2. The molecule has 3 aromatic rings. The molecule has 2 heterocycles. The number of amides is 2. The van der Waals surface area contributed by atoms with Crippen molar-refractivity contribution in [2.24, 2.45) is 0 Å². The van der Waals surface area contributed by atoms with E-state index in [0.29, 0.717) is 15.0 Å². The van der Waals surface area contributed by atoms with Crippen molar-refractivity contribution in [2.45, 2.75) is 20.4 Å². The van der Waals surface area contributed by atoms with Crippen LogP contribution in [0.3, 0.4) is 0 Å². The van der Waals surface area contributed by atoms with Crippen molar-refractivity contribution < 1.29 is 9.59 Å². The molecule has 2 amide bonds. The van der Waals surface area contributed by atoms with Gasteiger partial charge >= 0.3 is 0 Å². The van der Waals surface area contributed by atoms with Gasteiger partial charge in [0.05, 0.1) is 11.4 Å². The molecule has 30 heavy (non-hydrogen) atoms. The first kappa shape index (κ1) is 20.8. The lowest BCUT2D eigenvalue weighted by Gasteiger charge is -2.12. The van der Waals surface area contributed by atoms with E-state index < -0.39 is 0 Å². The molecule has 1 aliphatic rings. The topological polar surface area (TPSA) is 42.3 Å². The molecule has 1 saturated heterocycles. The van der Waals surface area contributed by atoms with Crippen molar-refractivity contribution >= 4 is 52.2 Å². The standard InChI is InChI=1S/C23H18Cl2N2O2S/c1-14-10-17(15(2)27(14)20-8-6-18(24)7-9-20)12-21-22(28)26(23(29)30-21)13-16-4-3-5-19(25)11-16/h3-12H,13H2,1-2H3/b21-12-. The van der Waals surface area contributed by atoms with Gasteiger partial charge in [0.2, 0.25) is 0 Å². The Kier molecular flexibility index (Phi) is 5.78. The summed E-state index contributed by atoms with van der Waals surface area (Å²) in [6.45, 7) is 4.19. The highest BCUT2D eigenvalue weighted by Crippen LogP contribution is 2.35. The van der Waals surface area contributed by atoms with Gasteiger partial charge in [-0.1, -0.05) is 35.3 Å². The van der Waals surface area contributed by atoms with E-state index in [4.69, 9.17) is 23.2 Å². The molecule has 1 fully saturated rings. The summed E-state index contributed by atoms with van der Waals surface area (Å²) in [7, 11) is 0. The van der Waals surface area contributed by atoms with Crippen molar-refractivity contribution in [3.05, 3.63) is 92.1 Å². The maximum Gasteiger partial charge on any atom is 0.293 e. The quantitative estimate of drug-likeness (QED) is 0.413. The molecular formula is C23H18Cl2N2O2S. The van der Waals surface area contributed by atoms with Crippen molar-refractivity contribution in [1.82, 2.24) is 9.47 Å². The molecule has 0 bridgehead atoms. The van der Waals surface area contributed by atoms with Gasteiger partial charge < -0.3 is 4.57 Å². The highest BCUT2D eigenvalue weighted by molar-refractivity contribution is 8.18. The Morgan fingerprint density at radius 3 is 2.40 bits per heavy atom. The molecule has 0 unspecified atom stereocenters. The van der Waals surface area contributed by atoms with Crippen LogP contribution in [0.15, 0.2) is 59.5 Å². The fourth-order valence-electron chi connectivity index (χ4n) is 3.52. The summed E-state index contributed by atoms with van der Waals surface area (Å²) in [5.74, 6) is -0.290. The predicted molar refractivity (Wildman–Crippen MR) is 123 cm³/mol. The first-order valence-corrected chi connectivity index (χ1v) is 10.9. The molecule has 0 saturated carbocycles. The van der Waals surface area contributed by atoms with Crippen LogP contribution in [0.1, 0.15) is 22.5 Å². The number of carbonyl (C=O) groups excluding carboxylic acids is 2. The second kappa shape index (κ2) is 8.34. The van der Waals surface area contributed by atoms with E-state index in [1.165, 1.54) is 4.90 Å². The van der Waals surface area contributed by atoms with Gasteiger partial charge in [-0.15, -0.1) is 0 Å². The highest BCUT2D eigenvalue weighted by Gasteiger charge is 2.35. The van der Waals surface area contributed by atoms with Gasteiger partial charge in [0, 0.05) is 27.1 Å². The third-order valence-electron chi connectivity index (χ3n) is 4.95. The second-order valence-electron chi connectivity index (χ2n) is 7.04. The Morgan fingerprint density at radius 1 is 0.967 bits per heavy atom. The van der Waals surface area contributed by atoms with Crippen LogP contribution in [-0.4, -0.2) is 20.6 Å². The number of hydrogen-bond donors (Lipinski definition) is 0. The first-order valence-electron chi connectivity index (χ1n) is 9.28. The zero-order chi connectivity index (χ0) is 21.4. The van der Waals surface area contributed by atoms with Gasteiger partial charge in [-0.05, 0) is 85.3 Å². The second-order valence-corrected chi connectivity index (χ2v) is 8.90. The Balaban J connectivity index is 1.62. The fourth-order valence-corrected chi connectivity index (χ4v) is 4.68. The monoisotopic (exact) mass is 456 g/mol. The van der Waals surface area contributed by atoms with E-state index in [9.17, 15) is 9.59 Å². The van der Waals surface area contributed by atoms with Crippen LogP contribution in [0.2, 0.25) is 10.0 Å². The predicted octanol–water partition coefficient (Wildman–Crippen LogP) is 6.64. The van der Waals surface area contributed by atoms with Crippen LogP contribution < -0.4 is 0 Å². The maximum atomic E-state index is 12.9. The van der Waals surface area contributed by atoms with Gasteiger partial charge in [0.15, 0.2) is 0 Å². The summed E-state index contributed by atoms with van der Waals surface area (Å²) in [6, 6.07) is 16.8. The summed E-state index contributed by atoms with van der Waals surface area (Å²) in [6.07, 6.45) is 1.79. The lowest BCUT2D eigenvalue weighted by molar-refractivity contribution is -0.123. The van der Waals surface area contributed by atoms with Crippen LogP contribution in [-0.2, 0) is 11.3 Å². The Labute approximate surface area is 189 Å². The van der Waals surface area contributed by atoms with Crippen molar-refractivity contribution in [1.29, 1.82) is 0 Å². The molecule has 152 valence electrons. The molecule has 1 aliphatic heterocycles. The third kappa shape index (κ3) is 4.06. The number of aromatic nitrogens is 1. The summed E-state index contributed by atoms with van der Waals surface area (Å²) in [5, 5.41) is 0.970. The number of benzene rings is 2. The molecule has 1 aromatic heterocycles. The molecule has 4 rings (SSSR count).